The van der Waals surface area contributed by atoms with Gasteiger partial charge in [0.05, 0.1) is 16.7 Å². The van der Waals surface area contributed by atoms with Crippen LogP contribution in [-0.2, 0) is 6.54 Å². The number of para-hydroxylation sites is 1. The molecular formula is C19H28BrN5O. The number of rotatable bonds is 8. The molecule has 1 unspecified atom stereocenters. The summed E-state index contributed by atoms with van der Waals surface area (Å²) in [4.78, 5) is 4.26. The van der Waals surface area contributed by atoms with Gasteiger partial charge in [-0.2, -0.15) is 5.10 Å². The highest BCUT2D eigenvalue weighted by Crippen LogP contribution is 2.24. The van der Waals surface area contributed by atoms with Crippen molar-refractivity contribution in [2.24, 2.45) is 4.99 Å². The molecule has 1 heterocycles. The fourth-order valence-electron chi connectivity index (χ4n) is 2.60. The van der Waals surface area contributed by atoms with E-state index >= 15 is 0 Å². The normalized spacial score (nSPS) is 12.7. The summed E-state index contributed by atoms with van der Waals surface area (Å²) in [5.41, 5.74) is 2.26. The van der Waals surface area contributed by atoms with E-state index in [1.165, 1.54) is 5.69 Å². The first-order valence-corrected chi connectivity index (χ1v) is 9.65. The van der Waals surface area contributed by atoms with Crippen LogP contribution in [0.25, 0.3) is 0 Å². The van der Waals surface area contributed by atoms with Crippen LogP contribution in [0, 0.1) is 13.8 Å². The third kappa shape index (κ3) is 6.37. The minimum absolute atomic E-state index is 0.0157. The van der Waals surface area contributed by atoms with Gasteiger partial charge in [0.1, 0.15) is 11.9 Å². The second-order valence-electron chi connectivity index (χ2n) is 6.24. The lowest BCUT2D eigenvalue weighted by Gasteiger charge is -2.18. The van der Waals surface area contributed by atoms with Crippen LogP contribution in [0.2, 0.25) is 0 Å². The molecule has 0 saturated heterocycles. The summed E-state index contributed by atoms with van der Waals surface area (Å²) in [6, 6.07) is 9.95. The Morgan fingerprint density at radius 2 is 2.08 bits per heavy atom. The van der Waals surface area contributed by atoms with Crippen LogP contribution in [0.1, 0.15) is 24.7 Å². The molecule has 2 N–H and O–H groups in total. The van der Waals surface area contributed by atoms with Crippen molar-refractivity contribution in [1.82, 2.24) is 20.4 Å². The lowest BCUT2D eigenvalue weighted by molar-refractivity contribution is 0.222. The monoisotopic (exact) mass is 421 g/mol. The number of aliphatic imine (C=N–C) groups is 1. The topological polar surface area (TPSA) is 63.5 Å². The molecular weight excluding hydrogens is 394 g/mol. The second-order valence-corrected chi connectivity index (χ2v) is 7.10. The number of ether oxygens (including phenoxy) is 1. The average molecular weight is 422 g/mol. The minimum Gasteiger partial charge on any atom is -0.488 e. The van der Waals surface area contributed by atoms with Crippen molar-refractivity contribution < 1.29 is 4.74 Å². The van der Waals surface area contributed by atoms with Crippen molar-refractivity contribution in [3.05, 3.63) is 46.2 Å². The zero-order valence-electron chi connectivity index (χ0n) is 15.9. The fourth-order valence-corrected chi connectivity index (χ4v) is 2.97. The van der Waals surface area contributed by atoms with Crippen molar-refractivity contribution in [2.45, 2.75) is 39.8 Å². The molecule has 7 heteroatoms. The van der Waals surface area contributed by atoms with Gasteiger partial charge in [0, 0.05) is 25.8 Å². The molecule has 0 bridgehead atoms. The van der Waals surface area contributed by atoms with Gasteiger partial charge in [-0.1, -0.05) is 12.1 Å². The van der Waals surface area contributed by atoms with Crippen LogP contribution >= 0.6 is 15.9 Å². The van der Waals surface area contributed by atoms with Crippen molar-refractivity contribution >= 4 is 21.9 Å². The van der Waals surface area contributed by atoms with Crippen LogP contribution in [-0.4, -0.2) is 42.0 Å². The maximum atomic E-state index is 5.94. The first-order chi connectivity index (χ1) is 12.5. The number of benzene rings is 1. The summed E-state index contributed by atoms with van der Waals surface area (Å²) in [5, 5.41) is 11.1. The molecule has 0 aliphatic rings. The average Bonchev–Trinajstić information content (AvgIpc) is 2.93. The largest absolute Gasteiger partial charge is 0.488 e. The van der Waals surface area contributed by atoms with Gasteiger partial charge >= 0.3 is 0 Å². The third-order valence-electron chi connectivity index (χ3n) is 3.89. The van der Waals surface area contributed by atoms with Gasteiger partial charge in [-0.15, -0.1) is 0 Å². The second kappa shape index (κ2) is 10.2. The van der Waals surface area contributed by atoms with Crippen molar-refractivity contribution in [3.63, 3.8) is 0 Å². The molecule has 26 heavy (non-hydrogen) atoms. The highest BCUT2D eigenvalue weighted by atomic mass is 79.9. The SMILES string of the molecule is CN=C(NCCCn1nc(C)cc1C)NCC(C)Oc1ccccc1Br. The minimum atomic E-state index is 0.0157. The summed E-state index contributed by atoms with van der Waals surface area (Å²) in [5.74, 6) is 1.62. The fraction of sp³-hybridized carbons (Fsp3) is 0.474. The molecule has 1 atom stereocenters. The van der Waals surface area contributed by atoms with Crippen LogP contribution < -0.4 is 15.4 Å². The highest BCUT2D eigenvalue weighted by Gasteiger charge is 2.08. The number of nitrogens with zero attached hydrogens (tertiary/aromatic N) is 3. The van der Waals surface area contributed by atoms with Gasteiger partial charge < -0.3 is 15.4 Å². The van der Waals surface area contributed by atoms with Gasteiger partial charge in [-0.3, -0.25) is 9.67 Å². The Hall–Kier alpha value is -2.02. The summed E-state index contributed by atoms with van der Waals surface area (Å²) in [6.45, 7) is 8.52. The summed E-state index contributed by atoms with van der Waals surface area (Å²) < 4.78 is 8.93. The third-order valence-corrected chi connectivity index (χ3v) is 4.54. The summed E-state index contributed by atoms with van der Waals surface area (Å²) in [6.07, 6.45) is 0.994. The number of nitrogens with one attached hydrogen (secondary N) is 2. The Kier molecular flexibility index (Phi) is 7.97. The first-order valence-electron chi connectivity index (χ1n) is 8.86. The number of hydrogen-bond donors (Lipinski definition) is 2. The molecule has 6 nitrogen and oxygen atoms in total. The Morgan fingerprint density at radius 1 is 1.31 bits per heavy atom. The summed E-state index contributed by atoms with van der Waals surface area (Å²) >= 11 is 3.50. The van der Waals surface area contributed by atoms with Crippen LogP contribution in [0.5, 0.6) is 5.75 Å². The van der Waals surface area contributed by atoms with E-state index in [1.54, 1.807) is 7.05 Å². The van der Waals surface area contributed by atoms with E-state index in [1.807, 2.05) is 42.8 Å². The number of aromatic nitrogens is 2. The number of halogens is 1. The maximum Gasteiger partial charge on any atom is 0.191 e. The molecule has 0 aliphatic carbocycles. The number of hydrogen-bond acceptors (Lipinski definition) is 3. The van der Waals surface area contributed by atoms with Gasteiger partial charge in [0.15, 0.2) is 5.96 Å². The van der Waals surface area contributed by atoms with Gasteiger partial charge in [0.25, 0.3) is 0 Å². The van der Waals surface area contributed by atoms with E-state index in [0.717, 1.165) is 41.4 Å². The van der Waals surface area contributed by atoms with Crippen molar-refractivity contribution in [2.75, 3.05) is 20.1 Å². The van der Waals surface area contributed by atoms with Gasteiger partial charge in [0.2, 0.25) is 0 Å². The summed E-state index contributed by atoms with van der Waals surface area (Å²) in [7, 11) is 1.77. The lowest BCUT2D eigenvalue weighted by atomic mass is 10.3. The molecule has 2 rings (SSSR count). The molecule has 1 aromatic carbocycles. The quantitative estimate of drug-likeness (QED) is 0.389. The zero-order valence-corrected chi connectivity index (χ0v) is 17.5. The molecule has 0 fully saturated rings. The van der Waals surface area contributed by atoms with Crippen LogP contribution in [0.4, 0.5) is 0 Å². The lowest BCUT2D eigenvalue weighted by Crippen LogP contribution is -2.42. The van der Waals surface area contributed by atoms with Crippen molar-refractivity contribution in [3.8, 4) is 5.75 Å². The Balaban J connectivity index is 1.69. The van der Waals surface area contributed by atoms with Crippen LogP contribution in [0.3, 0.4) is 0 Å². The van der Waals surface area contributed by atoms with E-state index < -0.39 is 0 Å². The zero-order chi connectivity index (χ0) is 18.9. The molecule has 0 spiro atoms. The number of aryl methyl sites for hydroxylation is 3. The number of guanidine groups is 1. The molecule has 2 aromatic rings. The van der Waals surface area contributed by atoms with E-state index in [0.29, 0.717) is 6.54 Å². The molecule has 0 radical (unpaired) electrons. The molecule has 0 saturated carbocycles. The Bertz CT molecular complexity index is 728. The molecule has 0 amide bonds. The van der Waals surface area contributed by atoms with E-state index in [2.05, 4.69) is 49.6 Å². The van der Waals surface area contributed by atoms with Gasteiger partial charge in [-0.05, 0) is 61.3 Å². The molecule has 142 valence electrons. The maximum absolute atomic E-state index is 5.94. The smallest absolute Gasteiger partial charge is 0.191 e. The predicted molar refractivity (Wildman–Crippen MR) is 110 cm³/mol. The molecule has 1 aromatic heterocycles. The molecule has 0 aliphatic heterocycles. The Morgan fingerprint density at radius 3 is 2.73 bits per heavy atom. The van der Waals surface area contributed by atoms with Crippen molar-refractivity contribution in [1.29, 1.82) is 0 Å². The first kappa shape index (κ1) is 20.3. The van der Waals surface area contributed by atoms with E-state index in [-0.39, 0.29) is 6.10 Å². The Labute approximate surface area is 164 Å². The predicted octanol–water partition coefficient (Wildman–Crippen LogP) is 3.29. The van der Waals surface area contributed by atoms with Crippen LogP contribution in [0.15, 0.2) is 39.8 Å². The van der Waals surface area contributed by atoms with Gasteiger partial charge in [-0.25, -0.2) is 0 Å². The van der Waals surface area contributed by atoms with E-state index in [4.69, 9.17) is 4.74 Å². The van der Waals surface area contributed by atoms with E-state index in [9.17, 15) is 0 Å². The highest BCUT2D eigenvalue weighted by molar-refractivity contribution is 9.10. The standard InChI is InChI=1S/C19H28BrN5O/c1-14-12-15(2)25(24-14)11-7-10-22-19(21-4)23-13-16(3)26-18-9-6-5-8-17(18)20/h5-6,8-9,12,16H,7,10-11,13H2,1-4H3,(H2,21,22,23).